The van der Waals surface area contributed by atoms with Crippen LogP contribution in [0.4, 0.5) is 23.2 Å². The van der Waals surface area contributed by atoms with Crippen molar-refractivity contribution in [3.8, 4) is 0 Å². The van der Waals surface area contributed by atoms with Crippen molar-refractivity contribution < 1.29 is 22.4 Å². The number of amides is 1. The molecule has 1 N–H and O–H groups in total. The number of aromatic nitrogens is 2. The molecule has 4 nitrogen and oxygen atoms in total. The molecule has 1 aromatic carbocycles. The molecule has 0 aliphatic rings. The fourth-order valence-electron chi connectivity index (χ4n) is 1.58. The summed E-state index contributed by atoms with van der Waals surface area (Å²) in [7, 11) is 1.48. The van der Waals surface area contributed by atoms with Crippen LogP contribution in [0.25, 0.3) is 0 Å². The summed E-state index contributed by atoms with van der Waals surface area (Å²) in [6, 6.07) is 3.17. The molecule has 106 valence electrons. The summed E-state index contributed by atoms with van der Waals surface area (Å²) in [5.41, 5.74) is -1.48. The van der Waals surface area contributed by atoms with E-state index in [1.54, 1.807) is 0 Å². The van der Waals surface area contributed by atoms with Gasteiger partial charge in [-0.05, 0) is 24.3 Å². The average molecular weight is 287 g/mol. The minimum absolute atomic E-state index is 0.0989. The van der Waals surface area contributed by atoms with E-state index < -0.39 is 29.2 Å². The first-order valence-corrected chi connectivity index (χ1v) is 5.45. The molecule has 2 aromatic rings. The molecule has 8 heteroatoms. The van der Waals surface area contributed by atoms with Crippen LogP contribution in [0.5, 0.6) is 0 Å². The summed E-state index contributed by atoms with van der Waals surface area (Å²) in [6.45, 7) is 0. The van der Waals surface area contributed by atoms with Gasteiger partial charge in [-0.25, -0.2) is 4.39 Å². The molecule has 0 unspecified atom stereocenters. The Balaban J connectivity index is 2.30. The van der Waals surface area contributed by atoms with Crippen molar-refractivity contribution >= 4 is 11.6 Å². The molecule has 0 fully saturated rings. The van der Waals surface area contributed by atoms with E-state index in [0.29, 0.717) is 18.2 Å². The van der Waals surface area contributed by atoms with E-state index in [0.717, 1.165) is 0 Å². The monoisotopic (exact) mass is 287 g/mol. The van der Waals surface area contributed by atoms with Gasteiger partial charge in [0, 0.05) is 13.2 Å². The number of anilines is 1. The number of hydrogen-bond acceptors (Lipinski definition) is 2. The Morgan fingerprint density at radius 3 is 2.55 bits per heavy atom. The maximum absolute atomic E-state index is 13.5. The number of carbonyl (C=O) groups is 1. The first-order valence-electron chi connectivity index (χ1n) is 5.45. The smallest absolute Gasteiger partial charge is 0.318 e. The van der Waals surface area contributed by atoms with Gasteiger partial charge in [-0.3, -0.25) is 9.48 Å². The number of nitrogens with one attached hydrogen (secondary N) is 1. The van der Waals surface area contributed by atoms with Gasteiger partial charge in [0.1, 0.15) is 11.5 Å². The Bertz CT molecular complexity index is 648. The third kappa shape index (κ3) is 2.79. The Morgan fingerprint density at radius 1 is 1.30 bits per heavy atom. The van der Waals surface area contributed by atoms with Gasteiger partial charge in [0.05, 0.1) is 11.3 Å². The minimum Gasteiger partial charge on any atom is -0.318 e. The quantitative estimate of drug-likeness (QED) is 0.863. The Labute approximate surface area is 111 Å². The molecule has 1 heterocycles. The largest absolute Gasteiger partial charge is 0.416 e. The van der Waals surface area contributed by atoms with Gasteiger partial charge >= 0.3 is 6.18 Å². The molecule has 0 spiro atoms. The van der Waals surface area contributed by atoms with E-state index in [4.69, 9.17) is 0 Å². The van der Waals surface area contributed by atoms with Crippen molar-refractivity contribution in [1.82, 2.24) is 9.78 Å². The van der Waals surface area contributed by atoms with Crippen LogP contribution in [0.15, 0.2) is 30.5 Å². The van der Waals surface area contributed by atoms with E-state index in [9.17, 15) is 22.4 Å². The molecule has 0 atom stereocenters. The first-order chi connectivity index (χ1) is 9.29. The Morgan fingerprint density at radius 2 is 2.00 bits per heavy atom. The van der Waals surface area contributed by atoms with Crippen molar-refractivity contribution in [2.24, 2.45) is 7.05 Å². The van der Waals surface area contributed by atoms with Gasteiger partial charge in [0.2, 0.25) is 0 Å². The summed E-state index contributed by atoms with van der Waals surface area (Å²) in [6.07, 6.45) is -3.27. The highest BCUT2D eigenvalue weighted by atomic mass is 19.4. The summed E-state index contributed by atoms with van der Waals surface area (Å²) in [5.74, 6) is -1.70. The Kier molecular flexibility index (Phi) is 3.47. The molecule has 2 rings (SSSR count). The van der Waals surface area contributed by atoms with E-state index in [1.165, 1.54) is 24.0 Å². The molecule has 1 aromatic heterocycles. The number of rotatable bonds is 2. The van der Waals surface area contributed by atoms with E-state index >= 15 is 0 Å². The first kappa shape index (κ1) is 14.0. The number of benzene rings is 1. The number of carbonyl (C=O) groups excluding carboxylic acids is 1. The molecular formula is C12H9F4N3O. The third-order valence-electron chi connectivity index (χ3n) is 2.60. The van der Waals surface area contributed by atoms with Crippen molar-refractivity contribution in [3.63, 3.8) is 0 Å². The van der Waals surface area contributed by atoms with E-state index in [-0.39, 0.29) is 5.69 Å². The lowest BCUT2D eigenvalue weighted by atomic mass is 10.2. The number of nitrogens with zero attached hydrogens (tertiary/aromatic N) is 2. The van der Waals surface area contributed by atoms with Crippen LogP contribution in [0.2, 0.25) is 0 Å². The minimum atomic E-state index is -4.61. The zero-order valence-electron chi connectivity index (χ0n) is 10.2. The standard InChI is InChI=1S/C12H9F4N3O/c1-19-10(4-5-17-19)11(20)18-9-6-7(12(14,15)16)2-3-8(9)13/h2-6H,1H3,(H,18,20). The molecule has 20 heavy (non-hydrogen) atoms. The van der Waals surface area contributed by atoms with Gasteiger partial charge in [-0.2, -0.15) is 18.3 Å². The van der Waals surface area contributed by atoms with Crippen LogP contribution in [0.1, 0.15) is 16.1 Å². The Hall–Kier alpha value is -2.38. The summed E-state index contributed by atoms with van der Waals surface area (Å²) < 4.78 is 52.3. The number of aryl methyl sites for hydroxylation is 1. The number of halogens is 4. The van der Waals surface area contributed by atoms with Crippen LogP contribution in [-0.4, -0.2) is 15.7 Å². The second-order valence-electron chi connectivity index (χ2n) is 3.99. The third-order valence-corrected chi connectivity index (χ3v) is 2.60. The normalized spacial score (nSPS) is 11.4. The lowest BCUT2D eigenvalue weighted by Gasteiger charge is -2.11. The molecule has 0 aliphatic carbocycles. The predicted octanol–water partition coefficient (Wildman–Crippen LogP) is 2.83. The zero-order valence-corrected chi connectivity index (χ0v) is 10.2. The molecule has 0 saturated heterocycles. The topological polar surface area (TPSA) is 46.9 Å². The van der Waals surface area contributed by atoms with Crippen molar-refractivity contribution in [3.05, 3.63) is 47.5 Å². The van der Waals surface area contributed by atoms with Crippen LogP contribution in [0, 0.1) is 5.82 Å². The molecule has 0 saturated carbocycles. The average Bonchev–Trinajstić information content (AvgIpc) is 2.77. The lowest BCUT2D eigenvalue weighted by Crippen LogP contribution is -2.17. The predicted molar refractivity (Wildman–Crippen MR) is 62.6 cm³/mol. The van der Waals surface area contributed by atoms with Crippen molar-refractivity contribution in [1.29, 1.82) is 0 Å². The van der Waals surface area contributed by atoms with Crippen LogP contribution in [-0.2, 0) is 13.2 Å². The second-order valence-corrected chi connectivity index (χ2v) is 3.99. The van der Waals surface area contributed by atoms with Crippen molar-refractivity contribution in [2.45, 2.75) is 6.18 Å². The lowest BCUT2D eigenvalue weighted by molar-refractivity contribution is -0.137. The fourth-order valence-corrected chi connectivity index (χ4v) is 1.58. The van der Waals surface area contributed by atoms with Crippen molar-refractivity contribution in [2.75, 3.05) is 5.32 Å². The van der Waals surface area contributed by atoms with Crippen LogP contribution in [0.3, 0.4) is 0 Å². The van der Waals surface area contributed by atoms with Gasteiger partial charge in [-0.1, -0.05) is 0 Å². The van der Waals surface area contributed by atoms with Gasteiger partial charge in [-0.15, -0.1) is 0 Å². The van der Waals surface area contributed by atoms with E-state index in [2.05, 4.69) is 10.4 Å². The van der Waals surface area contributed by atoms with Crippen LogP contribution < -0.4 is 5.32 Å². The van der Waals surface area contributed by atoms with Gasteiger partial charge in [0.15, 0.2) is 0 Å². The van der Waals surface area contributed by atoms with Gasteiger partial charge in [0.25, 0.3) is 5.91 Å². The number of hydrogen-bond donors (Lipinski definition) is 1. The van der Waals surface area contributed by atoms with Crippen LogP contribution >= 0.6 is 0 Å². The molecule has 0 aliphatic heterocycles. The maximum Gasteiger partial charge on any atom is 0.416 e. The number of alkyl halides is 3. The highest BCUT2D eigenvalue weighted by Gasteiger charge is 2.31. The highest BCUT2D eigenvalue weighted by Crippen LogP contribution is 2.31. The second kappa shape index (κ2) is 4.95. The zero-order chi connectivity index (χ0) is 14.9. The molecule has 0 bridgehead atoms. The summed E-state index contributed by atoms with van der Waals surface area (Å²) in [5, 5.41) is 5.83. The molecule has 1 amide bonds. The van der Waals surface area contributed by atoms with E-state index in [1.807, 2.05) is 0 Å². The molecular weight excluding hydrogens is 278 g/mol. The maximum atomic E-state index is 13.5. The summed E-state index contributed by atoms with van der Waals surface area (Å²) in [4.78, 5) is 11.8. The highest BCUT2D eigenvalue weighted by molar-refractivity contribution is 6.03. The molecule has 0 radical (unpaired) electrons. The van der Waals surface area contributed by atoms with Gasteiger partial charge < -0.3 is 5.32 Å². The fraction of sp³-hybridized carbons (Fsp3) is 0.167. The SMILES string of the molecule is Cn1nccc1C(=O)Nc1cc(C(F)(F)F)ccc1F. The summed E-state index contributed by atoms with van der Waals surface area (Å²) >= 11 is 0.